The number of hydrogen-bond donors (Lipinski definition) is 2. The molecule has 2 nitrogen and oxygen atoms in total. The molecule has 1 N–H and O–H groups in total. The molecule has 1 aliphatic carbocycles. The highest BCUT2D eigenvalue weighted by Gasteiger charge is 2.20. The quantitative estimate of drug-likeness (QED) is 0.813. The van der Waals surface area contributed by atoms with Gasteiger partial charge in [-0.25, -0.2) is 4.39 Å². The fourth-order valence-electron chi connectivity index (χ4n) is 2.76. The van der Waals surface area contributed by atoms with Crippen LogP contribution in [0.25, 0.3) is 0 Å². The zero-order chi connectivity index (χ0) is 13.8. The molecule has 0 heterocycles. The number of nitrogens with one attached hydrogen (secondary N) is 1. The van der Waals surface area contributed by atoms with Gasteiger partial charge in [-0.2, -0.15) is 0 Å². The van der Waals surface area contributed by atoms with Crippen LogP contribution in [0.5, 0.6) is 0 Å². The number of thiol groups is 1. The van der Waals surface area contributed by atoms with E-state index in [-0.39, 0.29) is 11.5 Å². The Kier molecular flexibility index (Phi) is 4.86. The summed E-state index contributed by atoms with van der Waals surface area (Å²) in [6.07, 6.45) is 4.80. The topological polar surface area (TPSA) is 29.1 Å². The average Bonchev–Trinajstić information content (AvgIpc) is 2.39. The third-order valence-corrected chi connectivity index (χ3v) is 4.07. The van der Waals surface area contributed by atoms with Crippen molar-refractivity contribution in [3.63, 3.8) is 0 Å². The molecule has 0 radical (unpaired) electrons. The number of rotatable bonds is 3. The molecule has 0 aromatic heterocycles. The minimum absolute atomic E-state index is 0.0800. The maximum absolute atomic E-state index is 13.6. The minimum Gasteiger partial charge on any atom is -0.352 e. The van der Waals surface area contributed by atoms with Crippen LogP contribution >= 0.6 is 12.6 Å². The van der Waals surface area contributed by atoms with E-state index in [4.69, 9.17) is 0 Å². The molecule has 2 unspecified atom stereocenters. The Morgan fingerprint density at radius 3 is 3.00 bits per heavy atom. The summed E-state index contributed by atoms with van der Waals surface area (Å²) in [5.41, 5.74) is 0.0800. The van der Waals surface area contributed by atoms with Crippen molar-refractivity contribution in [3.8, 4) is 0 Å². The van der Waals surface area contributed by atoms with E-state index >= 15 is 0 Å². The van der Waals surface area contributed by atoms with Crippen molar-refractivity contribution in [3.05, 3.63) is 29.6 Å². The molecule has 1 amide bonds. The third-order valence-electron chi connectivity index (χ3n) is 3.79. The second kappa shape index (κ2) is 6.42. The van der Waals surface area contributed by atoms with E-state index < -0.39 is 5.82 Å². The highest BCUT2D eigenvalue weighted by Crippen LogP contribution is 2.28. The first-order chi connectivity index (χ1) is 9.06. The van der Waals surface area contributed by atoms with Gasteiger partial charge < -0.3 is 5.32 Å². The van der Waals surface area contributed by atoms with Crippen LogP contribution in [0.3, 0.4) is 0 Å². The Balaban J connectivity index is 1.92. The predicted octanol–water partition coefficient (Wildman–Crippen LogP) is 3.67. The van der Waals surface area contributed by atoms with Crippen molar-refractivity contribution in [2.75, 3.05) is 6.54 Å². The summed E-state index contributed by atoms with van der Waals surface area (Å²) in [6, 6.07) is 4.29. The maximum Gasteiger partial charge on any atom is 0.254 e. The van der Waals surface area contributed by atoms with E-state index in [1.165, 1.54) is 31.0 Å². The lowest BCUT2D eigenvalue weighted by atomic mass is 9.82. The van der Waals surface area contributed by atoms with Gasteiger partial charge in [-0.05, 0) is 42.9 Å². The molecular weight excluding hydrogens is 261 g/mol. The van der Waals surface area contributed by atoms with Gasteiger partial charge >= 0.3 is 0 Å². The highest BCUT2D eigenvalue weighted by atomic mass is 32.1. The monoisotopic (exact) mass is 281 g/mol. The van der Waals surface area contributed by atoms with Gasteiger partial charge in [0.25, 0.3) is 5.91 Å². The van der Waals surface area contributed by atoms with E-state index in [0.717, 1.165) is 18.8 Å². The van der Waals surface area contributed by atoms with Crippen molar-refractivity contribution in [2.45, 2.75) is 37.5 Å². The second-order valence-corrected chi connectivity index (χ2v) is 6.03. The standard InChI is InChI=1S/C15H20FNOS/c1-10-3-2-4-11(7-10)9-17-15(18)13-8-12(19)5-6-14(13)16/h5-6,8,10-11,19H,2-4,7,9H2,1H3,(H,17,18). The molecule has 0 bridgehead atoms. The molecule has 1 aromatic rings. The number of amides is 1. The van der Waals surface area contributed by atoms with Gasteiger partial charge in [-0.15, -0.1) is 12.6 Å². The summed E-state index contributed by atoms with van der Waals surface area (Å²) < 4.78 is 13.6. The lowest BCUT2D eigenvalue weighted by Crippen LogP contribution is -2.32. The molecule has 19 heavy (non-hydrogen) atoms. The number of benzene rings is 1. The molecule has 104 valence electrons. The van der Waals surface area contributed by atoms with E-state index in [0.29, 0.717) is 17.4 Å². The first-order valence-corrected chi connectivity index (χ1v) is 7.27. The van der Waals surface area contributed by atoms with Gasteiger partial charge in [0.05, 0.1) is 5.56 Å². The van der Waals surface area contributed by atoms with Crippen LogP contribution < -0.4 is 5.32 Å². The van der Waals surface area contributed by atoms with Crippen molar-refractivity contribution >= 4 is 18.5 Å². The lowest BCUT2D eigenvalue weighted by molar-refractivity contribution is 0.0936. The Hall–Kier alpha value is -1.03. The molecule has 1 saturated carbocycles. The van der Waals surface area contributed by atoms with Crippen LogP contribution in [-0.2, 0) is 0 Å². The lowest BCUT2D eigenvalue weighted by Gasteiger charge is -2.26. The molecule has 1 aliphatic rings. The number of carbonyl (C=O) groups is 1. The van der Waals surface area contributed by atoms with Crippen LogP contribution in [0.1, 0.15) is 43.0 Å². The second-order valence-electron chi connectivity index (χ2n) is 5.51. The first-order valence-electron chi connectivity index (χ1n) is 6.83. The summed E-state index contributed by atoms with van der Waals surface area (Å²) >= 11 is 4.13. The van der Waals surface area contributed by atoms with E-state index in [9.17, 15) is 9.18 Å². The van der Waals surface area contributed by atoms with Crippen molar-refractivity contribution in [2.24, 2.45) is 11.8 Å². The van der Waals surface area contributed by atoms with Crippen LogP contribution in [0.15, 0.2) is 23.1 Å². The number of halogens is 1. The summed E-state index contributed by atoms with van der Waals surface area (Å²) in [6.45, 7) is 2.89. The summed E-state index contributed by atoms with van der Waals surface area (Å²) in [4.78, 5) is 12.6. The molecule has 1 fully saturated rings. The summed E-state index contributed by atoms with van der Waals surface area (Å²) in [7, 11) is 0. The Morgan fingerprint density at radius 1 is 1.47 bits per heavy atom. The average molecular weight is 281 g/mol. The maximum atomic E-state index is 13.6. The zero-order valence-corrected chi connectivity index (χ0v) is 12.1. The van der Waals surface area contributed by atoms with Crippen LogP contribution in [-0.4, -0.2) is 12.5 Å². The number of hydrogen-bond acceptors (Lipinski definition) is 2. The predicted molar refractivity (Wildman–Crippen MR) is 77.1 cm³/mol. The number of carbonyl (C=O) groups excluding carboxylic acids is 1. The SMILES string of the molecule is CC1CCCC(CNC(=O)c2cc(S)ccc2F)C1. The van der Waals surface area contributed by atoms with Crippen molar-refractivity contribution in [1.29, 1.82) is 0 Å². The molecular formula is C15H20FNOS. The molecule has 2 atom stereocenters. The Morgan fingerprint density at radius 2 is 2.26 bits per heavy atom. The van der Waals surface area contributed by atoms with Gasteiger partial charge in [0.1, 0.15) is 5.82 Å². The van der Waals surface area contributed by atoms with E-state index in [1.54, 1.807) is 0 Å². The van der Waals surface area contributed by atoms with E-state index in [1.807, 2.05) is 0 Å². The highest BCUT2D eigenvalue weighted by molar-refractivity contribution is 7.80. The smallest absolute Gasteiger partial charge is 0.254 e. The van der Waals surface area contributed by atoms with Gasteiger partial charge in [0, 0.05) is 11.4 Å². The van der Waals surface area contributed by atoms with Crippen LogP contribution in [0.4, 0.5) is 4.39 Å². The zero-order valence-electron chi connectivity index (χ0n) is 11.2. The largest absolute Gasteiger partial charge is 0.352 e. The van der Waals surface area contributed by atoms with Crippen molar-refractivity contribution in [1.82, 2.24) is 5.32 Å². The molecule has 1 aromatic carbocycles. The first kappa shape index (κ1) is 14.4. The summed E-state index contributed by atoms with van der Waals surface area (Å²) in [5.74, 6) is 0.419. The van der Waals surface area contributed by atoms with Gasteiger partial charge in [-0.1, -0.05) is 19.8 Å². The molecule has 4 heteroatoms. The van der Waals surface area contributed by atoms with E-state index in [2.05, 4.69) is 24.9 Å². The molecule has 0 aliphatic heterocycles. The van der Waals surface area contributed by atoms with Gasteiger partial charge in [0.2, 0.25) is 0 Å². The summed E-state index contributed by atoms with van der Waals surface area (Å²) in [5, 5.41) is 2.84. The Labute approximate surface area is 119 Å². The van der Waals surface area contributed by atoms with Crippen molar-refractivity contribution < 1.29 is 9.18 Å². The minimum atomic E-state index is -0.493. The molecule has 0 spiro atoms. The molecule has 0 saturated heterocycles. The van der Waals surface area contributed by atoms with Crippen LogP contribution in [0, 0.1) is 17.7 Å². The van der Waals surface area contributed by atoms with Crippen LogP contribution in [0.2, 0.25) is 0 Å². The third kappa shape index (κ3) is 3.96. The Bertz CT molecular complexity index is 463. The fourth-order valence-corrected chi connectivity index (χ4v) is 2.97. The normalized spacial score (nSPS) is 23.1. The van der Waals surface area contributed by atoms with Gasteiger partial charge in [-0.3, -0.25) is 4.79 Å². The molecule has 2 rings (SSSR count). The van der Waals surface area contributed by atoms with Gasteiger partial charge in [0.15, 0.2) is 0 Å². The fraction of sp³-hybridized carbons (Fsp3) is 0.533.